The lowest BCUT2D eigenvalue weighted by atomic mass is 10.1. The third-order valence-corrected chi connectivity index (χ3v) is 4.49. The fourth-order valence-corrected chi connectivity index (χ4v) is 3.33. The van der Waals surface area contributed by atoms with E-state index in [9.17, 15) is 4.39 Å². The second kappa shape index (κ2) is 6.55. The Bertz CT molecular complexity index is 557. The minimum absolute atomic E-state index is 0.206. The fourth-order valence-electron chi connectivity index (χ4n) is 1.74. The van der Waals surface area contributed by atoms with Crippen LogP contribution in [0.4, 0.5) is 4.39 Å². The van der Waals surface area contributed by atoms with E-state index in [1.165, 1.54) is 22.6 Å². The lowest BCUT2D eigenvalue weighted by Crippen LogP contribution is -2.13. The maximum atomic E-state index is 12.9. The van der Waals surface area contributed by atoms with Crippen LogP contribution in [0.1, 0.15) is 18.5 Å². The zero-order valence-electron chi connectivity index (χ0n) is 10.8. The van der Waals surface area contributed by atoms with E-state index < -0.39 is 0 Å². The van der Waals surface area contributed by atoms with E-state index >= 15 is 0 Å². The average molecular weight is 340 g/mol. The van der Waals surface area contributed by atoms with Gasteiger partial charge in [0.25, 0.3) is 0 Å². The molecule has 1 N–H and O–H groups in total. The zero-order valence-corrected chi connectivity index (χ0v) is 13.2. The summed E-state index contributed by atoms with van der Waals surface area (Å²) in [7, 11) is 1.94. The molecular weight excluding hydrogens is 325 g/mol. The van der Waals surface area contributed by atoms with E-state index in [2.05, 4.69) is 40.3 Å². The quantitative estimate of drug-likeness (QED) is 0.839. The average Bonchev–Trinajstić information content (AvgIpc) is 2.41. The minimum atomic E-state index is -0.206. The molecule has 2 aromatic carbocycles. The van der Waals surface area contributed by atoms with E-state index in [4.69, 9.17) is 0 Å². The summed E-state index contributed by atoms with van der Waals surface area (Å²) in [4.78, 5) is 2.20. The highest BCUT2D eigenvalue weighted by atomic mass is 79.9. The van der Waals surface area contributed by atoms with Gasteiger partial charge in [-0.25, -0.2) is 4.39 Å². The SMILES string of the molecule is CNC(C)c1ccc(Br)cc1Sc1ccc(F)cc1. The van der Waals surface area contributed by atoms with Gasteiger partial charge in [-0.2, -0.15) is 0 Å². The first-order valence-electron chi connectivity index (χ1n) is 6.00. The first-order chi connectivity index (χ1) is 9.10. The monoisotopic (exact) mass is 339 g/mol. The van der Waals surface area contributed by atoms with Crippen LogP contribution in [-0.4, -0.2) is 7.05 Å². The van der Waals surface area contributed by atoms with Crippen LogP contribution >= 0.6 is 27.7 Å². The van der Waals surface area contributed by atoms with Crippen LogP contribution in [0.5, 0.6) is 0 Å². The van der Waals surface area contributed by atoms with Gasteiger partial charge < -0.3 is 5.32 Å². The number of nitrogens with one attached hydrogen (secondary N) is 1. The summed E-state index contributed by atoms with van der Waals surface area (Å²) in [6, 6.07) is 13.1. The van der Waals surface area contributed by atoms with Crippen molar-refractivity contribution in [1.29, 1.82) is 0 Å². The lowest BCUT2D eigenvalue weighted by Gasteiger charge is -2.16. The molecule has 0 aliphatic heterocycles. The Labute approximate surface area is 125 Å². The molecule has 0 bridgehead atoms. The zero-order chi connectivity index (χ0) is 13.8. The summed E-state index contributed by atoms with van der Waals surface area (Å²) in [6.07, 6.45) is 0. The molecule has 0 aliphatic carbocycles. The Kier molecular flexibility index (Phi) is 5.02. The van der Waals surface area contributed by atoms with E-state index in [1.54, 1.807) is 23.9 Å². The Balaban J connectivity index is 2.32. The lowest BCUT2D eigenvalue weighted by molar-refractivity contribution is 0.626. The summed E-state index contributed by atoms with van der Waals surface area (Å²) in [6.45, 7) is 2.12. The first kappa shape index (κ1) is 14.6. The maximum Gasteiger partial charge on any atom is 0.123 e. The molecule has 1 nitrogen and oxygen atoms in total. The summed E-state index contributed by atoms with van der Waals surface area (Å²) in [5.74, 6) is -0.206. The van der Waals surface area contributed by atoms with Crippen LogP contribution in [0.2, 0.25) is 0 Å². The number of hydrogen-bond donors (Lipinski definition) is 1. The van der Waals surface area contributed by atoms with Crippen LogP contribution < -0.4 is 5.32 Å². The summed E-state index contributed by atoms with van der Waals surface area (Å²) >= 11 is 5.14. The fraction of sp³-hybridized carbons (Fsp3) is 0.200. The third kappa shape index (κ3) is 3.81. The summed E-state index contributed by atoms with van der Waals surface area (Å²) < 4.78 is 14.0. The van der Waals surface area contributed by atoms with Crippen molar-refractivity contribution in [1.82, 2.24) is 5.32 Å². The summed E-state index contributed by atoms with van der Waals surface area (Å²) in [5, 5.41) is 3.25. The molecule has 100 valence electrons. The molecule has 4 heteroatoms. The summed E-state index contributed by atoms with van der Waals surface area (Å²) in [5.41, 5.74) is 1.24. The molecular formula is C15H15BrFNS. The Morgan fingerprint density at radius 3 is 2.47 bits per heavy atom. The van der Waals surface area contributed by atoms with Crippen LogP contribution in [0, 0.1) is 5.82 Å². The molecule has 1 atom stereocenters. The normalized spacial score (nSPS) is 12.4. The van der Waals surface area contributed by atoms with Gasteiger partial charge >= 0.3 is 0 Å². The number of benzene rings is 2. The molecule has 19 heavy (non-hydrogen) atoms. The Hall–Kier alpha value is -0.840. The van der Waals surface area contributed by atoms with Gasteiger partial charge in [-0.15, -0.1) is 0 Å². The Morgan fingerprint density at radius 1 is 1.16 bits per heavy atom. The second-order valence-electron chi connectivity index (χ2n) is 4.25. The molecule has 2 aromatic rings. The largest absolute Gasteiger partial charge is 0.313 e. The molecule has 0 saturated heterocycles. The van der Waals surface area contributed by atoms with Gasteiger partial charge in [-0.3, -0.25) is 0 Å². The van der Waals surface area contributed by atoms with Gasteiger partial charge in [-0.1, -0.05) is 33.8 Å². The standard InChI is InChI=1S/C15H15BrFNS/c1-10(18-2)14-8-3-11(16)9-15(14)19-13-6-4-12(17)5-7-13/h3-10,18H,1-2H3. The van der Waals surface area contributed by atoms with Crippen molar-refractivity contribution in [3.63, 3.8) is 0 Å². The van der Waals surface area contributed by atoms with Gasteiger partial charge in [0.05, 0.1) is 0 Å². The van der Waals surface area contributed by atoms with Crippen LogP contribution in [0.15, 0.2) is 56.7 Å². The number of rotatable bonds is 4. The van der Waals surface area contributed by atoms with E-state index in [-0.39, 0.29) is 11.9 Å². The van der Waals surface area contributed by atoms with Crippen molar-refractivity contribution < 1.29 is 4.39 Å². The van der Waals surface area contributed by atoms with E-state index in [0.29, 0.717) is 0 Å². The van der Waals surface area contributed by atoms with Gasteiger partial charge in [0.15, 0.2) is 0 Å². The van der Waals surface area contributed by atoms with Gasteiger partial charge in [0, 0.05) is 20.3 Å². The maximum absolute atomic E-state index is 12.9. The third-order valence-electron chi connectivity index (χ3n) is 2.92. The molecule has 0 radical (unpaired) electrons. The van der Waals surface area contributed by atoms with Crippen LogP contribution in [-0.2, 0) is 0 Å². The molecule has 0 amide bonds. The predicted octanol–water partition coefficient (Wildman–Crippen LogP) is 5.02. The van der Waals surface area contributed by atoms with E-state index in [1.807, 2.05) is 13.1 Å². The van der Waals surface area contributed by atoms with Gasteiger partial charge in [0.2, 0.25) is 0 Å². The van der Waals surface area contributed by atoms with Gasteiger partial charge in [-0.05, 0) is 55.9 Å². The minimum Gasteiger partial charge on any atom is -0.313 e. The van der Waals surface area contributed by atoms with Crippen molar-refractivity contribution in [2.24, 2.45) is 0 Å². The molecule has 0 aromatic heterocycles. The van der Waals surface area contributed by atoms with Crippen molar-refractivity contribution in [2.45, 2.75) is 22.8 Å². The highest BCUT2D eigenvalue weighted by Crippen LogP contribution is 2.35. The molecule has 1 unspecified atom stereocenters. The van der Waals surface area contributed by atoms with Crippen LogP contribution in [0.25, 0.3) is 0 Å². The topological polar surface area (TPSA) is 12.0 Å². The number of hydrogen-bond acceptors (Lipinski definition) is 2. The highest BCUT2D eigenvalue weighted by Gasteiger charge is 2.10. The van der Waals surface area contributed by atoms with Crippen molar-refractivity contribution in [2.75, 3.05) is 7.05 Å². The van der Waals surface area contributed by atoms with Gasteiger partial charge in [0.1, 0.15) is 5.82 Å². The molecule has 0 spiro atoms. The first-order valence-corrected chi connectivity index (χ1v) is 7.61. The number of halogens is 2. The highest BCUT2D eigenvalue weighted by molar-refractivity contribution is 9.10. The van der Waals surface area contributed by atoms with Crippen molar-refractivity contribution >= 4 is 27.7 Å². The molecule has 2 rings (SSSR count). The predicted molar refractivity (Wildman–Crippen MR) is 82.1 cm³/mol. The molecule has 0 heterocycles. The molecule has 0 aliphatic rings. The van der Waals surface area contributed by atoms with Crippen molar-refractivity contribution in [3.8, 4) is 0 Å². The van der Waals surface area contributed by atoms with E-state index in [0.717, 1.165) is 9.37 Å². The molecule has 0 fully saturated rings. The van der Waals surface area contributed by atoms with Crippen LogP contribution in [0.3, 0.4) is 0 Å². The van der Waals surface area contributed by atoms with Crippen molar-refractivity contribution in [3.05, 3.63) is 58.3 Å². The Morgan fingerprint density at radius 2 is 1.84 bits per heavy atom. The molecule has 0 saturated carbocycles. The smallest absolute Gasteiger partial charge is 0.123 e. The second-order valence-corrected chi connectivity index (χ2v) is 6.28.